The zero-order chi connectivity index (χ0) is 15.4. The average Bonchev–Trinajstić information content (AvgIpc) is 2.73. The normalized spacial score (nSPS) is 10.1. The summed E-state index contributed by atoms with van der Waals surface area (Å²) in [7, 11) is 1.87. The maximum absolute atomic E-state index is 11.1. The lowest BCUT2D eigenvalue weighted by atomic mass is 10.1. The molecule has 0 aliphatic carbocycles. The number of nitrogens with zero attached hydrogens (tertiary/aromatic N) is 2. The number of nitrogens with two attached hydrogens (primary N) is 1. The van der Waals surface area contributed by atoms with Crippen LogP contribution in [0, 0.1) is 18.3 Å². The molecule has 0 saturated heterocycles. The number of nitriles is 1. The van der Waals surface area contributed by atoms with E-state index in [-0.39, 0.29) is 12.3 Å². The van der Waals surface area contributed by atoms with Gasteiger partial charge >= 0.3 is 0 Å². The van der Waals surface area contributed by atoms with Gasteiger partial charge < -0.3 is 15.6 Å². The van der Waals surface area contributed by atoms with Gasteiger partial charge in [0.15, 0.2) is 0 Å². The molecule has 0 atom stereocenters. The fraction of sp³-hybridized carbons (Fsp3) is 0.250. The van der Waals surface area contributed by atoms with Crippen LogP contribution in [0.25, 0.3) is 0 Å². The summed E-state index contributed by atoms with van der Waals surface area (Å²) in [6.07, 6.45) is 0.209. The maximum Gasteiger partial charge on any atom is 0.221 e. The molecule has 0 bridgehead atoms. The molecule has 1 heterocycles. The molecule has 1 amide bonds. The number of nitrogens with one attached hydrogen (secondary N) is 1. The van der Waals surface area contributed by atoms with Crippen LogP contribution in [0.2, 0.25) is 0 Å². The summed E-state index contributed by atoms with van der Waals surface area (Å²) in [6, 6.07) is 11.6. The molecular weight excluding hydrogens is 264 g/mol. The zero-order valence-corrected chi connectivity index (χ0v) is 12.2. The van der Waals surface area contributed by atoms with Crippen LogP contribution < -0.4 is 11.1 Å². The van der Waals surface area contributed by atoms with Gasteiger partial charge in [0, 0.05) is 25.0 Å². The third kappa shape index (κ3) is 3.23. The fourth-order valence-corrected chi connectivity index (χ4v) is 2.27. The predicted molar refractivity (Wildman–Crippen MR) is 81.5 cm³/mol. The van der Waals surface area contributed by atoms with Crippen molar-refractivity contribution in [2.24, 2.45) is 12.8 Å². The number of anilines is 1. The van der Waals surface area contributed by atoms with Crippen molar-refractivity contribution < 1.29 is 4.79 Å². The lowest BCUT2D eigenvalue weighted by molar-refractivity contribution is -0.117. The van der Waals surface area contributed by atoms with E-state index in [4.69, 9.17) is 11.0 Å². The third-order valence-electron chi connectivity index (χ3n) is 3.61. The SMILES string of the molecule is Cc1c(CNc2ccccc2CC(N)=O)cc(C#N)n1C. The topological polar surface area (TPSA) is 83.8 Å². The molecule has 3 N–H and O–H groups in total. The second-order valence-corrected chi connectivity index (χ2v) is 4.96. The maximum atomic E-state index is 11.1. The van der Waals surface area contributed by atoms with E-state index in [9.17, 15) is 4.79 Å². The molecule has 0 spiro atoms. The van der Waals surface area contributed by atoms with Gasteiger partial charge in [-0.2, -0.15) is 5.26 Å². The van der Waals surface area contributed by atoms with Crippen LogP contribution in [0.1, 0.15) is 22.5 Å². The minimum atomic E-state index is -0.355. The van der Waals surface area contributed by atoms with Crippen LogP contribution in [-0.4, -0.2) is 10.5 Å². The van der Waals surface area contributed by atoms with E-state index in [0.29, 0.717) is 12.2 Å². The van der Waals surface area contributed by atoms with Gasteiger partial charge in [-0.05, 0) is 30.2 Å². The monoisotopic (exact) mass is 282 g/mol. The van der Waals surface area contributed by atoms with Crippen molar-refractivity contribution >= 4 is 11.6 Å². The number of para-hydroxylation sites is 1. The first-order valence-electron chi connectivity index (χ1n) is 6.68. The van der Waals surface area contributed by atoms with Crippen LogP contribution in [0.4, 0.5) is 5.69 Å². The van der Waals surface area contributed by atoms with Crippen molar-refractivity contribution in [2.75, 3.05) is 5.32 Å². The van der Waals surface area contributed by atoms with Crippen molar-refractivity contribution in [1.82, 2.24) is 4.57 Å². The predicted octanol–water partition coefficient (Wildman–Crippen LogP) is 1.85. The molecule has 0 radical (unpaired) electrons. The first kappa shape index (κ1) is 14.7. The van der Waals surface area contributed by atoms with Crippen molar-refractivity contribution in [1.29, 1.82) is 5.26 Å². The van der Waals surface area contributed by atoms with E-state index in [1.54, 1.807) is 0 Å². The summed E-state index contributed by atoms with van der Waals surface area (Å²) in [5, 5.41) is 12.4. The number of carbonyl (C=O) groups excluding carboxylic acids is 1. The lowest BCUT2D eigenvalue weighted by Gasteiger charge is -2.11. The Balaban J connectivity index is 2.17. The van der Waals surface area contributed by atoms with Crippen molar-refractivity contribution in [2.45, 2.75) is 19.9 Å². The molecule has 0 unspecified atom stereocenters. The lowest BCUT2D eigenvalue weighted by Crippen LogP contribution is -2.15. The molecule has 0 saturated carbocycles. The van der Waals surface area contributed by atoms with Crippen LogP contribution in [0.15, 0.2) is 30.3 Å². The molecule has 2 aromatic rings. The summed E-state index contributed by atoms with van der Waals surface area (Å²) in [5.41, 5.74) is 9.76. The highest BCUT2D eigenvalue weighted by Gasteiger charge is 2.10. The Bertz CT molecular complexity index is 710. The summed E-state index contributed by atoms with van der Waals surface area (Å²) in [4.78, 5) is 11.1. The Morgan fingerprint density at radius 1 is 1.38 bits per heavy atom. The number of rotatable bonds is 5. The van der Waals surface area contributed by atoms with Crippen molar-refractivity contribution in [3.05, 3.63) is 52.8 Å². The van der Waals surface area contributed by atoms with Gasteiger partial charge in [-0.25, -0.2) is 0 Å². The molecule has 1 aromatic carbocycles. The number of benzene rings is 1. The van der Waals surface area contributed by atoms with Gasteiger partial charge in [0.25, 0.3) is 0 Å². The van der Waals surface area contributed by atoms with E-state index in [0.717, 1.165) is 22.5 Å². The van der Waals surface area contributed by atoms with E-state index < -0.39 is 0 Å². The summed E-state index contributed by atoms with van der Waals surface area (Å²) in [6.45, 7) is 2.57. The summed E-state index contributed by atoms with van der Waals surface area (Å²) in [5.74, 6) is -0.355. The van der Waals surface area contributed by atoms with Gasteiger partial charge in [0.1, 0.15) is 11.8 Å². The number of amides is 1. The van der Waals surface area contributed by atoms with Gasteiger partial charge in [-0.15, -0.1) is 0 Å². The Kier molecular flexibility index (Phi) is 4.29. The molecule has 0 aliphatic rings. The Hall–Kier alpha value is -2.74. The minimum absolute atomic E-state index is 0.209. The van der Waals surface area contributed by atoms with Gasteiger partial charge in [0.05, 0.1) is 6.42 Å². The highest BCUT2D eigenvalue weighted by molar-refractivity contribution is 5.78. The average molecular weight is 282 g/mol. The first-order valence-corrected chi connectivity index (χ1v) is 6.68. The number of primary amides is 1. The summed E-state index contributed by atoms with van der Waals surface area (Å²) < 4.78 is 1.87. The molecule has 0 fully saturated rings. The molecule has 0 aliphatic heterocycles. The second-order valence-electron chi connectivity index (χ2n) is 4.96. The van der Waals surface area contributed by atoms with E-state index in [1.165, 1.54) is 0 Å². The molecule has 21 heavy (non-hydrogen) atoms. The Morgan fingerprint density at radius 3 is 2.71 bits per heavy atom. The highest BCUT2D eigenvalue weighted by Crippen LogP contribution is 2.19. The molecule has 108 valence electrons. The van der Waals surface area contributed by atoms with Gasteiger partial charge in [-0.1, -0.05) is 18.2 Å². The van der Waals surface area contributed by atoms with Crippen molar-refractivity contribution in [3.63, 3.8) is 0 Å². The largest absolute Gasteiger partial charge is 0.381 e. The Morgan fingerprint density at radius 2 is 2.10 bits per heavy atom. The quantitative estimate of drug-likeness (QED) is 0.877. The van der Waals surface area contributed by atoms with Gasteiger partial charge in [0.2, 0.25) is 5.91 Å². The number of hydrogen-bond acceptors (Lipinski definition) is 3. The zero-order valence-electron chi connectivity index (χ0n) is 12.2. The van der Waals surface area contributed by atoms with Crippen LogP contribution >= 0.6 is 0 Å². The van der Waals surface area contributed by atoms with Crippen molar-refractivity contribution in [3.8, 4) is 6.07 Å². The number of carbonyl (C=O) groups is 1. The molecular formula is C16H18N4O. The molecule has 5 nitrogen and oxygen atoms in total. The fourth-order valence-electron chi connectivity index (χ4n) is 2.27. The number of aromatic nitrogens is 1. The summed E-state index contributed by atoms with van der Waals surface area (Å²) >= 11 is 0. The smallest absolute Gasteiger partial charge is 0.221 e. The Labute approximate surface area is 124 Å². The second kappa shape index (κ2) is 6.14. The third-order valence-corrected chi connectivity index (χ3v) is 3.61. The molecule has 5 heteroatoms. The van der Waals surface area contributed by atoms with E-state index in [2.05, 4.69) is 11.4 Å². The minimum Gasteiger partial charge on any atom is -0.381 e. The van der Waals surface area contributed by atoms with E-state index >= 15 is 0 Å². The van der Waals surface area contributed by atoms with Gasteiger partial charge in [-0.3, -0.25) is 4.79 Å². The standard InChI is InChI=1S/C16H18N4O/c1-11-13(7-14(9-17)20(11)2)10-19-15-6-4-3-5-12(15)8-16(18)21/h3-7,19H,8,10H2,1-2H3,(H2,18,21). The van der Waals surface area contributed by atoms with E-state index in [1.807, 2.05) is 48.9 Å². The highest BCUT2D eigenvalue weighted by atomic mass is 16.1. The van der Waals surface area contributed by atoms with Crippen LogP contribution in [-0.2, 0) is 24.8 Å². The molecule has 1 aromatic heterocycles. The molecule has 2 rings (SSSR count). The first-order chi connectivity index (χ1) is 10.0. The number of hydrogen-bond donors (Lipinski definition) is 2. The van der Waals surface area contributed by atoms with Crippen LogP contribution in [0.3, 0.4) is 0 Å². The van der Waals surface area contributed by atoms with Crippen LogP contribution in [0.5, 0.6) is 0 Å².